The molecule has 8 heteroatoms. The lowest BCUT2D eigenvalue weighted by Crippen LogP contribution is -2.50. The summed E-state index contributed by atoms with van der Waals surface area (Å²) in [6.45, 7) is 4.41. The van der Waals surface area contributed by atoms with Crippen LogP contribution >= 0.6 is 0 Å². The molecule has 0 radical (unpaired) electrons. The highest BCUT2D eigenvalue weighted by atomic mass is 16.5. The third kappa shape index (κ3) is 3.76. The zero-order valence-electron chi connectivity index (χ0n) is 13.5. The van der Waals surface area contributed by atoms with Crippen LogP contribution in [-0.4, -0.2) is 59.5 Å². The van der Waals surface area contributed by atoms with Crippen molar-refractivity contribution in [2.24, 2.45) is 0 Å². The van der Waals surface area contributed by atoms with Crippen molar-refractivity contribution in [3.63, 3.8) is 0 Å². The van der Waals surface area contributed by atoms with Crippen LogP contribution in [0.4, 0.5) is 5.82 Å². The van der Waals surface area contributed by atoms with Crippen molar-refractivity contribution < 1.29 is 18.5 Å². The van der Waals surface area contributed by atoms with E-state index in [2.05, 4.69) is 10.5 Å². The van der Waals surface area contributed by atoms with Gasteiger partial charge in [0.1, 0.15) is 5.76 Å². The van der Waals surface area contributed by atoms with Gasteiger partial charge in [-0.05, 0) is 19.1 Å². The summed E-state index contributed by atoms with van der Waals surface area (Å²) >= 11 is 0. The number of hydrogen-bond acceptors (Lipinski definition) is 6. The fraction of sp³-hybridized carbons (Fsp3) is 0.438. The highest BCUT2D eigenvalue weighted by molar-refractivity contribution is 5.91. The minimum Gasteiger partial charge on any atom is -0.459 e. The lowest BCUT2D eigenvalue weighted by molar-refractivity contribution is -0.132. The molecule has 3 heterocycles. The lowest BCUT2D eigenvalue weighted by Gasteiger charge is -2.34. The largest absolute Gasteiger partial charge is 0.459 e. The molecule has 0 bridgehead atoms. The minimum absolute atomic E-state index is 0.0628. The van der Waals surface area contributed by atoms with E-state index in [-0.39, 0.29) is 11.8 Å². The van der Waals surface area contributed by atoms with E-state index in [0.29, 0.717) is 50.7 Å². The third-order valence-corrected chi connectivity index (χ3v) is 3.92. The Bertz CT molecular complexity index is 687. The fourth-order valence-corrected chi connectivity index (χ4v) is 2.62. The Balaban J connectivity index is 1.41. The topological polar surface area (TPSA) is 91.8 Å². The first-order valence-electron chi connectivity index (χ1n) is 7.91. The maximum atomic E-state index is 12.2. The van der Waals surface area contributed by atoms with Gasteiger partial charge in [-0.2, -0.15) is 0 Å². The Morgan fingerprint density at radius 2 is 2.00 bits per heavy atom. The van der Waals surface area contributed by atoms with Crippen LogP contribution < -0.4 is 5.32 Å². The summed E-state index contributed by atoms with van der Waals surface area (Å²) in [5, 5.41) is 6.87. The zero-order valence-corrected chi connectivity index (χ0v) is 13.5. The fourth-order valence-electron chi connectivity index (χ4n) is 2.62. The number of carbonyl (C=O) groups is 2. The maximum Gasteiger partial charge on any atom is 0.289 e. The van der Waals surface area contributed by atoms with Gasteiger partial charge in [0.25, 0.3) is 5.91 Å². The molecule has 0 atom stereocenters. The summed E-state index contributed by atoms with van der Waals surface area (Å²) < 4.78 is 10.1. The Kier molecular flexibility index (Phi) is 4.83. The molecule has 2 amide bonds. The molecule has 0 saturated carbocycles. The molecule has 8 nitrogen and oxygen atoms in total. The number of aryl methyl sites for hydroxylation is 1. The van der Waals surface area contributed by atoms with E-state index in [1.807, 2.05) is 6.92 Å². The maximum absolute atomic E-state index is 12.2. The number of nitrogens with one attached hydrogen (secondary N) is 1. The quantitative estimate of drug-likeness (QED) is 0.889. The number of hydrogen-bond donors (Lipinski definition) is 1. The Morgan fingerprint density at radius 1 is 1.25 bits per heavy atom. The van der Waals surface area contributed by atoms with Crippen molar-refractivity contribution in [3.8, 4) is 0 Å². The molecule has 3 rings (SSSR count). The summed E-state index contributed by atoms with van der Waals surface area (Å²) in [6, 6.07) is 5.12. The van der Waals surface area contributed by atoms with Crippen LogP contribution in [0.15, 0.2) is 33.4 Å². The van der Waals surface area contributed by atoms with Crippen molar-refractivity contribution in [2.45, 2.75) is 13.3 Å². The van der Waals surface area contributed by atoms with Gasteiger partial charge < -0.3 is 24.1 Å². The molecule has 24 heavy (non-hydrogen) atoms. The first kappa shape index (κ1) is 16.1. The van der Waals surface area contributed by atoms with E-state index < -0.39 is 0 Å². The first-order chi connectivity index (χ1) is 11.6. The summed E-state index contributed by atoms with van der Waals surface area (Å²) in [5.41, 5.74) is 0. The van der Waals surface area contributed by atoms with E-state index in [1.165, 1.54) is 6.26 Å². The van der Waals surface area contributed by atoms with Crippen molar-refractivity contribution in [3.05, 3.63) is 36.0 Å². The van der Waals surface area contributed by atoms with Crippen molar-refractivity contribution in [2.75, 3.05) is 38.0 Å². The predicted molar refractivity (Wildman–Crippen MR) is 85.5 cm³/mol. The van der Waals surface area contributed by atoms with Gasteiger partial charge in [-0.25, -0.2) is 0 Å². The number of carbonyl (C=O) groups excluding carboxylic acids is 2. The van der Waals surface area contributed by atoms with E-state index in [1.54, 1.807) is 28.0 Å². The average Bonchev–Trinajstić information content (AvgIpc) is 3.26. The second-order valence-electron chi connectivity index (χ2n) is 5.65. The average molecular weight is 332 g/mol. The number of anilines is 1. The molecule has 1 aliphatic heterocycles. The van der Waals surface area contributed by atoms with Gasteiger partial charge in [-0.1, -0.05) is 5.16 Å². The van der Waals surface area contributed by atoms with Gasteiger partial charge in [-0.3, -0.25) is 9.59 Å². The van der Waals surface area contributed by atoms with Crippen LogP contribution in [0.3, 0.4) is 0 Å². The molecule has 1 aliphatic rings. The standard InChI is InChI=1S/C16H20N4O4/c1-12-11-14(18-24-12)17-5-4-15(21)19-6-8-20(9-7-19)16(22)13-3-2-10-23-13/h2-3,10-11H,4-9H2,1H3,(H,17,18). The molecule has 2 aromatic rings. The summed E-state index contributed by atoms with van der Waals surface area (Å²) in [4.78, 5) is 27.9. The van der Waals surface area contributed by atoms with Crippen LogP contribution in [-0.2, 0) is 4.79 Å². The molecule has 2 aromatic heterocycles. The lowest BCUT2D eigenvalue weighted by atomic mass is 10.2. The Labute approximate surface area is 139 Å². The smallest absolute Gasteiger partial charge is 0.289 e. The van der Waals surface area contributed by atoms with Gasteiger partial charge in [-0.15, -0.1) is 0 Å². The summed E-state index contributed by atoms with van der Waals surface area (Å²) in [5.74, 6) is 1.63. The number of nitrogens with zero attached hydrogens (tertiary/aromatic N) is 3. The van der Waals surface area contributed by atoms with E-state index in [9.17, 15) is 9.59 Å². The Hall–Kier alpha value is -2.77. The van der Waals surface area contributed by atoms with Crippen LogP contribution in [0.25, 0.3) is 0 Å². The van der Waals surface area contributed by atoms with E-state index in [0.717, 1.165) is 5.76 Å². The molecule has 0 aliphatic carbocycles. The van der Waals surface area contributed by atoms with Crippen LogP contribution in [0.2, 0.25) is 0 Å². The molecule has 1 saturated heterocycles. The van der Waals surface area contributed by atoms with E-state index >= 15 is 0 Å². The minimum atomic E-state index is -0.129. The van der Waals surface area contributed by atoms with Gasteiger partial charge >= 0.3 is 0 Å². The molecular weight excluding hydrogens is 312 g/mol. The highest BCUT2D eigenvalue weighted by Crippen LogP contribution is 2.11. The SMILES string of the molecule is Cc1cc(NCCC(=O)N2CCN(C(=O)c3ccco3)CC2)no1. The van der Waals surface area contributed by atoms with Gasteiger partial charge in [0.15, 0.2) is 11.6 Å². The van der Waals surface area contributed by atoms with Gasteiger partial charge in [0.05, 0.1) is 6.26 Å². The summed E-state index contributed by atoms with van der Waals surface area (Å²) in [7, 11) is 0. The van der Waals surface area contributed by atoms with Crippen molar-refractivity contribution in [1.29, 1.82) is 0 Å². The predicted octanol–water partition coefficient (Wildman–Crippen LogP) is 1.36. The molecule has 1 N–H and O–H groups in total. The van der Waals surface area contributed by atoms with Crippen molar-refractivity contribution in [1.82, 2.24) is 15.0 Å². The van der Waals surface area contributed by atoms with Gasteiger partial charge in [0.2, 0.25) is 5.91 Å². The second kappa shape index (κ2) is 7.20. The van der Waals surface area contributed by atoms with Crippen LogP contribution in [0.5, 0.6) is 0 Å². The Morgan fingerprint density at radius 3 is 2.62 bits per heavy atom. The molecule has 0 unspecified atom stereocenters. The van der Waals surface area contributed by atoms with E-state index in [4.69, 9.17) is 8.94 Å². The third-order valence-electron chi connectivity index (χ3n) is 3.92. The number of rotatable bonds is 5. The number of piperazine rings is 1. The number of aromatic nitrogens is 1. The second-order valence-corrected chi connectivity index (χ2v) is 5.65. The van der Waals surface area contributed by atoms with Crippen molar-refractivity contribution >= 4 is 17.6 Å². The van der Waals surface area contributed by atoms with Crippen LogP contribution in [0, 0.1) is 6.92 Å². The molecule has 128 valence electrons. The highest BCUT2D eigenvalue weighted by Gasteiger charge is 2.25. The summed E-state index contributed by atoms with van der Waals surface area (Å²) in [6.07, 6.45) is 1.86. The van der Waals surface area contributed by atoms with Crippen LogP contribution in [0.1, 0.15) is 22.7 Å². The molecule has 0 aromatic carbocycles. The number of amides is 2. The monoisotopic (exact) mass is 332 g/mol. The molecular formula is C16H20N4O4. The normalized spacial score (nSPS) is 14.7. The molecule has 1 fully saturated rings. The molecule has 0 spiro atoms. The first-order valence-corrected chi connectivity index (χ1v) is 7.91. The number of furan rings is 1. The van der Waals surface area contributed by atoms with Gasteiger partial charge in [0, 0.05) is 45.2 Å². The zero-order chi connectivity index (χ0) is 16.9.